The number of alkyl halides is 3. The zero-order chi connectivity index (χ0) is 34.4. The fourth-order valence-corrected chi connectivity index (χ4v) is 7.17. The van der Waals surface area contributed by atoms with E-state index in [9.17, 15) is 27.6 Å². The number of para-hydroxylation sites is 2. The molecule has 2 aliphatic heterocycles. The summed E-state index contributed by atoms with van der Waals surface area (Å²) in [6.45, 7) is 2.99. The van der Waals surface area contributed by atoms with Crippen molar-refractivity contribution in [2.45, 2.75) is 29.3 Å². The Kier molecular flexibility index (Phi) is 10.8. The van der Waals surface area contributed by atoms with E-state index in [0.717, 1.165) is 56.3 Å². The number of benzene rings is 4. The minimum absolute atomic E-state index is 0.0761. The van der Waals surface area contributed by atoms with Gasteiger partial charge in [-0.2, -0.15) is 13.2 Å². The Morgan fingerprint density at radius 2 is 1.19 bits per heavy atom. The number of halogens is 3. The van der Waals surface area contributed by atoms with E-state index in [1.54, 1.807) is 42.1 Å². The lowest BCUT2D eigenvalue weighted by atomic mass is 10.1. The van der Waals surface area contributed by atoms with Gasteiger partial charge in [-0.05, 0) is 55.0 Å². The molecule has 0 amide bonds. The molecule has 48 heavy (non-hydrogen) atoms. The molecule has 11 heteroatoms. The Hall–Kier alpha value is -4.74. The lowest BCUT2D eigenvalue weighted by molar-refractivity contribution is -0.137. The number of thioether (sulfide) groups is 2. The Morgan fingerprint density at radius 3 is 1.73 bits per heavy atom. The third kappa shape index (κ3) is 7.86. The Bertz CT molecular complexity index is 1890. The van der Waals surface area contributed by atoms with Crippen LogP contribution in [-0.2, 0) is 10.9 Å². The molecule has 0 aliphatic carbocycles. The number of allylic oxidation sites excluding steroid dienone is 2. The molecular weight excluding hydrogens is 658 g/mol. The summed E-state index contributed by atoms with van der Waals surface area (Å²) in [6, 6.07) is 26.7. The van der Waals surface area contributed by atoms with Crippen LogP contribution in [0, 0.1) is 0 Å². The van der Waals surface area contributed by atoms with Gasteiger partial charge in [0.25, 0.3) is 0 Å². The summed E-state index contributed by atoms with van der Waals surface area (Å²) >= 11 is 3.07. The lowest BCUT2D eigenvalue weighted by Crippen LogP contribution is -2.19. The molecule has 0 N–H and O–H groups in total. The molecule has 0 atom stereocenters. The van der Waals surface area contributed by atoms with Gasteiger partial charge in [-0.15, -0.1) is 0 Å². The van der Waals surface area contributed by atoms with Gasteiger partial charge in [0.1, 0.15) is 0 Å². The first-order valence-corrected chi connectivity index (χ1v) is 16.6. The van der Waals surface area contributed by atoms with E-state index in [2.05, 4.69) is 28.7 Å². The van der Waals surface area contributed by atoms with Crippen LogP contribution in [0.4, 0.5) is 24.5 Å². The summed E-state index contributed by atoms with van der Waals surface area (Å²) in [6.07, 6.45) is -0.280. The summed E-state index contributed by atoms with van der Waals surface area (Å²) in [5.41, 5.74) is 2.60. The number of ether oxygens (including phenoxy) is 1. The van der Waals surface area contributed by atoms with Gasteiger partial charge in [0.2, 0.25) is 0 Å². The molecule has 0 saturated carbocycles. The molecule has 2 aliphatic rings. The maximum atomic E-state index is 12.6. The average molecular weight is 689 g/mol. The molecule has 0 fully saturated rings. The minimum atomic E-state index is -4.40. The molecule has 0 aromatic heterocycles. The van der Waals surface area contributed by atoms with Gasteiger partial charge in [-0.3, -0.25) is 9.59 Å². The van der Waals surface area contributed by atoms with Crippen LogP contribution in [0.15, 0.2) is 129 Å². The van der Waals surface area contributed by atoms with E-state index in [-0.39, 0.29) is 17.1 Å². The van der Waals surface area contributed by atoms with Gasteiger partial charge < -0.3 is 14.5 Å². The summed E-state index contributed by atoms with van der Waals surface area (Å²) in [5.74, 6) is -0.804. The number of fused-ring (bicyclic) bond motifs is 2. The SMILES string of the molecule is CCCN1/C(=C\C(=O)c2ccc(C(=O)OC)cc2)Sc2ccccc21.CN1/C(=C\C(=O)c2ccc(C(F)(F)F)cc2)Sc2ccccc21. The highest BCUT2D eigenvalue weighted by molar-refractivity contribution is 8.04. The zero-order valence-corrected chi connectivity index (χ0v) is 27.9. The number of anilines is 2. The molecular formula is C37H31F3N2O4S2. The van der Waals surface area contributed by atoms with Crippen LogP contribution >= 0.6 is 23.5 Å². The molecule has 6 nitrogen and oxygen atoms in total. The van der Waals surface area contributed by atoms with Crippen molar-refractivity contribution < 1.29 is 32.3 Å². The lowest BCUT2D eigenvalue weighted by Gasteiger charge is -2.19. The van der Waals surface area contributed by atoms with E-state index < -0.39 is 17.7 Å². The monoisotopic (exact) mass is 688 g/mol. The van der Waals surface area contributed by atoms with Gasteiger partial charge in [0.05, 0.1) is 39.7 Å². The second-order valence-corrected chi connectivity index (χ2v) is 12.8. The van der Waals surface area contributed by atoms with Crippen molar-refractivity contribution in [3.63, 3.8) is 0 Å². The first-order chi connectivity index (χ1) is 23.0. The van der Waals surface area contributed by atoms with Crippen LogP contribution in [0.25, 0.3) is 0 Å². The van der Waals surface area contributed by atoms with Crippen molar-refractivity contribution in [3.05, 3.63) is 142 Å². The van der Waals surface area contributed by atoms with Gasteiger partial charge in [0, 0.05) is 46.7 Å². The quantitative estimate of drug-likeness (QED) is 0.108. The predicted octanol–water partition coefficient (Wildman–Crippen LogP) is 9.49. The van der Waals surface area contributed by atoms with Crippen LogP contribution in [0.5, 0.6) is 0 Å². The largest absolute Gasteiger partial charge is 0.465 e. The van der Waals surface area contributed by atoms with Crippen molar-refractivity contribution in [1.82, 2.24) is 0 Å². The van der Waals surface area contributed by atoms with E-state index in [4.69, 9.17) is 0 Å². The van der Waals surface area contributed by atoms with Crippen LogP contribution in [-0.4, -0.2) is 38.2 Å². The second-order valence-electron chi connectivity index (χ2n) is 10.7. The van der Waals surface area contributed by atoms with Crippen molar-refractivity contribution in [2.75, 3.05) is 30.5 Å². The fourth-order valence-electron chi connectivity index (χ4n) is 4.96. The minimum Gasteiger partial charge on any atom is -0.465 e. The van der Waals surface area contributed by atoms with Crippen LogP contribution in [0.2, 0.25) is 0 Å². The number of carbonyl (C=O) groups excluding carboxylic acids is 3. The number of ketones is 2. The molecule has 246 valence electrons. The Labute approximate surface area is 285 Å². The topological polar surface area (TPSA) is 66.9 Å². The van der Waals surface area contributed by atoms with E-state index in [1.165, 1.54) is 37.1 Å². The first kappa shape index (κ1) is 34.6. The maximum absolute atomic E-state index is 12.6. The number of methoxy groups -OCH3 is 1. The number of hydrogen-bond acceptors (Lipinski definition) is 8. The Morgan fingerprint density at radius 1 is 0.708 bits per heavy atom. The van der Waals surface area contributed by atoms with Crippen LogP contribution in [0.3, 0.4) is 0 Å². The van der Waals surface area contributed by atoms with Crippen molar-refractivity contribution >= 4 is 52.4 Å². The third-order valence-corrected chi connectivity index (χ3v) is 9.73. The average Bonchev–Trinajstić information content (AvgIpc) is 3.60. The molecule has 4 aromatic rings. The molecule has 2 heterocycles. The van der Waals surface area contributed by atoms with E-state index in [0.29, 0.717) is 11.1 Å². The zero-order valence-electron chi connectivity index (χ0n) is 26.3. The predicted molar refractivity (Wildman–Crippen MR) is 185 cm³/mol. The number of rotatable bonds is 7. The highest BCUT2D eigenvalue weighted by atomic mass is 32.2. The summed E-state index contributed by atoms with van der Waals surface area (Å²) < 4.78 is 42.3. The summed E-state index contributed by atoms with van der Waals surface area (Å²) in [4.78, 5) is 42.6. The van der Waals surface area contributed by atoms with Crippen molar-refractivity contribution in [1.29, 1.82) is 0 Å². The Balaban J connectivity index is 0.000000188. The van der Waals surface area contributed by atoms with Crippen molar-refractivity contribution in [3.8, 4) is 0 Å². The van der Waals surface area contributed by atoms with Gasteiger partial charge in [0.15, 0.2) is 11.6 Å². The molecule has 0 radical (unpaired) electrons. The number of nitrogens with zero attached hydrogens (tertiary/aromatic N) is 2. The first-order valence-electron chi connectivity index (χ1n) is 14.9. The normalized spacial score (nSPS) is 15.1. The van der Waals surface area contributed by atoms with Crippen molar-refractivity contribution in [2.24, 2.45) is 0 Å². The van der Waals surface area contributed by atoms with Gasteiger partial charge in [-0.25, -0.2) is 4.79 Å². The molecule has 0 bridgehead atoms. The smallest absolute Gasteiger partial charge is 0.416 e. The highest BCUT2D eigenvalue weighted by Crippen LogP contribution is 2.46. The number of carbonyl (C=O) groups is 3. The summed E-state index contributed by atoms with van der Waals surface area (Å²) in [5, 5.41) is 1.68. The molecule has 0 unspecified atom stereocenters. The second kappa shape index (κ2) is 15.0. The number of hydrogen-bond donors (Lipinski definition) is 0. The van der Waals surface area contributed by atoms with E-state index in [1.807, 2.05) is 48.3 Å². The fraction of sp³-hybridized carbons (Fsp3) is 0.162. The molecule has 0 saturated heterocycles. The third-order valence-electron chi connectivity index (χ3n) is 7.45. The summed E-state index contributed by atoms with van der Waals surface area (Å²) in [7, 11) is 3.19. The molecule has 0 spiro atoms. The van der Waals surface area contributed by atoms with Crippen LogP contribution < -0.4 is 9.80 Å². The number of esters is 1. The van der Waals surface area contributed by atoms with E-state index >= 15 is 0 Å². The standard InChI is InChI=1S/C20H19NO3S.C17H12F3NOS/c1-3-12-21-16-6-4-5-7-18(16)25-19(21)13-17(22)14-8-10-15(11-9-14)20(23)24-2;1-21-13-4-2-3-5-15(13)23-16(21)10-14(22)11-6-8-12(9-7-11)17(18,19)20/h4-11,13H,3,12H2,1-2H3;2-10H,1H3/b19-13+;16-10+. The maximum Gasteiger partial charge on any atom is 0.416 e. The van der Waals surface area contributed by atoms with Crippen LogP contribution in [0.1, 0.15) is 50.0 Å². The molecule has 6 rings (SSSR count). The van der Waals surface area contributed by atoms with Gasteiger partial charge in [-0.1, -0.05) is 79.0 Å². The molecule has 4 aromatic carbocycles. The highest BCUT2D eigenvalue weighted by Gasteiger charge is 2.30. The van der Waals surface area contributed by atoms with Gasteiger partial charge >= 0.3 is 12.1 Å².